The van der Waals surface area contributed by atoms with Crippen molar-refractivity contribution < 1.29 is 4.79 Å². The van der Waals surface area contributed by atoms with Crippen LogP contribution in [0.15, 0.2) is 47.3 Å². The number of pyridine rings is 1. The van der Waals surface area contributed by atoms with Crippen molar-refractivity contribution in [2.45, 2.75) is 26.8 Å². The Morgan fingerprint density at radius 3 is 2.56 bits per heavy atom. The second kappa shape index (κ2) is 5.88. The molecule has 2 aromatic carbocycles. The molecule has 0 unspecified atom stereocenters. The van der Waals surface area contributed by atoms with Gasteiger partial charge < -0.3 is 9.88 Å². The molecule has 0 bridgehead atoms. The molecule has 0 fully saturated rings. The van der Waals surface area contributed by atoms with Gasteiger partial charge in [0.25, 0.3) is 11.5 Å². The van der Waals surface area contributed by atoms with Crippen molar-refractivity contribution in [3.05, 3.63) is 80.6 Å². The minimum Gasteiger partial charge on any atom is -0.334 e. The van der Waals surface area contributed by atoms with Gasteiger partial charge in [-0.1, -0.05) is 17.7 Å². The highest BCUT2D eigenvalue weighted by molar-refractivity contribution is 5.94. The number of fused-ring (bicyclic) bond motifs is 2. The summed E-state index contributed by atoms with van der Waals surface area (Å²) in [6.45, 7) is 5.13. The predicted molar refractivity (Wildman–Crippen MR) is 98.9 cm³/mol. The third kappa shape index (κ3) is 2.84. The maximum absolute atomic E-state index is 12.8. The van der Waals surface area contributed by atoms with E-state index in [0.717, 1.165) is 39.6 Å². The van der Waals surface area contributed by atoms with Crippen LogP contribution in [0.3, 0.4) is 0 Å². The molecule has 0 saturated heterocycles. The smallest absolute Gasteiger partial charge is 0.254 e. The Labute approximate surface area is 146 Å². The Kier molecular flexibility index (Phi) is 3.68. The number of carbonyl (C=O) groups is 1. The maximum atomic E-state index is 12.8. The van der Waals surface area contributed by atoms with E-state index in [9.17, 15) is 9.59 Å². The number of nitrogens with one attached hydrogen (secondary N) is 1. The Bertz CT molecular complexity index is 1030. The van der Waals surface area contributed by atoms with Crippen molar-refractivity contribution in [3.8, 4) is 0 Å². The van der Waals surface area contributed by atoms with Crippen molar-refractivity contribution in [2.75, 3.05) is 6.54 Å². The molecule has 1 aliphatic heterocycles. The van der Waals surface area contributed by atoms with Crippen LogP contribution < -0.4 is 5.56 Å². The van der Waals surface area contributed by atoms with Crippen molar-refractivity contribution in [2.24, 2.45) is 0 Å². The van der Waals surface area contributed by atoms with Gasteiger partial charge in [0.2, 0.25) is 0 Å². The highest BCUT2D eigenvalue weighted by Crippen LogP contribution is 2.25. The molecule has 0 saturated carbocycles. The van der Waals surface area contributed by atoms with E-state index in [4.69, 9.17) is 0 Å². The van der Waals surface area contributed by atoms with Gasteiger partial charge >= 0.3 is 0 Å². The van der Waals surface area contributed by atoms with E-state index in [-0.39, 0.29) is 11.5 Å². The number of rotatable bonds is 1. The Balaban J connectivity index is 1.67. The number of aryl methyl sites for hydroxylation is 2. The van der Waals surface area contributed by atoms with Crippen LogP contribution >= 0.6 is 0 Å². The fraction of sp³-hybridized carbons (Fsp3) is 0.238. The molecule has 2 heterocycles. The standard InChI is InChI=1S/C21H20N2O2/c1-13-3-5-15(6-4-13)21(25)23-8-7-16-10-17-9-14(2)20(24)22-19(17)11-18(16)12-23/h3-6,9-11H,7-8,12H2,1-2H3,(H,22,24). The summed E-state index contributed by atoms with van der Waals surface area (Å²) in [5.74, 6) is 0.0585. The van der Waals surface area contributed by atoms with E-state index in [0.29, 0.717) is 13.1 Å². The minimum atomic E-state index is -0.0594. The lowest BCUT2D eigenvalue weighted by Crippen LogP contribution is -2.36. The van der Waals surface area contributed by atoms with Gasteiger partial charge in [0.1, 0.15) is 0 Å². The number of aromatic amines is 1. The fourth-order valence-corrected chi connectivity index (χ4v) is 3.43. The van der Waals surface area contributed by atoms with Crippen molar-refractivity contribution in [1.82, 2.24) is 9.88 Å². The average Bonchev–Trinajstić information content (AvgIpc) is 2.61. The number of nitrogens with zero attached hydrogens (tertiary/aromatic N) is 1. The summed E-state index contributed by atoms with van der Waals surface area (Å²) < 4.78 is 0. The molecular formula is C21H20N2O2. The lowest BCUT2D eigenvalue weighted by Gasteiger charge is -2.29. The molecule has 0 spiro atoms. The highest BCUT2D eigenvalue weighted by Gasteiger charge is 2.22. The molecule has 1 aliphatic rings. The molecule has 25 heavy (non-hydrogen) atoms. The van der Waals surface area contributed by atoms with Crippen LogP contribution in [0, 0.1) is 13.8 Å². The Morgan fingerprint density at radius 1 is 1.04 bits per heavy atom. The second-order valence-corrected chi connectivity index (χ2v) is 6.83. The van der Waals surface area contributed by atoms with Gasteiger partial charge in [-0.2, -0.15) is 0 Å². The van der Waals surface area contributed by atoms with Crippen LogP contribution in [0.25, 0.3) is 10.9 Å². The van der Waals surface area contributed by atoms with Gasteiger partial charge in [0, 0.05) is 29.7 Å². The van der Waals surface area contributed by atoms with Crippen LogP contribution in [-0.4, -0.2) is 22.3 Å². The molecule has 1 aromatic heterocycles. The monoisotopic (exact) mass is 332 g/mol. The lowest BCUT2D eigenvalue weighted by atomic mass is 9.96. The topological polar surface area (TPSA) is 53.2 Å². The summed E-state index contributed by atoms with van der Waals surface area (Å²) in [4.78, 5) is 29.4. The molecule has 3 aromatic rings. The molecule has 4 heteroatoms. The van der Waals surface area contributed by atoms with Crippen molar-refractivity contribution in [3.63, 3.8) is 0 Å². The summed E-state index contributed by atoms with van der Waals surface area (Å²) in [6, 6.07) is 13.8. The normalized spacial score (nSPS) is 13.8. The predicted octanol–water partition coefficient (Wildman–Crippen LogP) is 3.34. The maximum Gasteiger partial charge on any atom is 0.254 e. The summed E-state index contributed by atoms with van der Waals surface area (Å²) in [6.07, 6.45) is 0.834. The van der Waals surface area contributed by atoms with E-state index >= 15 is 0 Å². The van der Waals surface area contributed by atoms with Gasteiger partial charge in [-0.3, -0.25) is 9.59 Å². The van der Waals surface area contributed by atoms with E-state index in [1.54, 1.807) is 0 Å². The molecule has 4 rings (SSSR count). The molecule has 0 atom stereocenters. The number of carbonyl (C=O) groups excluding carboxylic acids is 1. The van der Waals surface area contributed by atoms with Gasteiger partial charge in [0.05, 0.1) is 0 Å². The van der Waals surface area contributed by atoms with E-state index in [1.807, 2.05) is 55.1 Å². The van der Waals surface area contributed by atoms with Crippen LogP contribution in [0.4, 0.5) is 0 Å². The fourth-order valence-electron chi connectivity index (χ4n) is 3.43. The number of aromatic nitrogens is 1. The summed E-state index contributed by atoms with van der Waals surface area (Å²) in [5.41, 5.74) is 5.73. The molecule has 1 N–H and O–H groups in total. The van der Waals surface area contributed by atoms with Crippen LogP contribution in [-0.2, 0) is 13.0 Å². The molecular weight excluding hydrogens is 312 g/mol. The van der Waals surface area contributed by atoms with Crippen LogP contribution in [0.2, 0.25) is 0 Å². The number of hydrogen-bond donors (Lipinski definition) is 1. The largest absolute Gasteiger partial charge is 0.334 e. The Hall–Kier alpha value is -2.88. The van der Waals surface area contributed by atoms with Crippen LogP contribution in [0.5, 0.6) is 0 Å². The molecule has 0 radical (unpaired) electrons. The first kappa shape index (κ1) is 15.6. The van der Waals surface area contributed by atoms with Gasteiger partial charge in [-0.25, -0.2) is 0 Å². The number of benzene rings is 2. The zero-order chi connectivity index (χ0) is 17.6. The average molecular weight is 332 g/mol. The van der Waals surface area contributed by atoms with Crippen molar-refractivity contribution >= 4 is 16.8 Å². The summed E-state index contributed by atoms with van der Waals surface area (Å²) >= 11 is 0. The summed E-state index contributed by atoms with van der Waals surface area (Å²) in [5, 5.41) is 1.05. The third-order valence-corrected chi connectivity index (χ3v) is 4.95. The summed E-state index contributed by atoms with van der Waals surface area (Å²) in [7, 11) is 0. The first-order valence-electron chi connectivity index (χ1n) is 8.52. The Morgan fingerprint density at radius 2 is 1.80 bits per heavy atom. The number of amides is 1. The molecule has 126 valence electrons. The van der Waals surface area contributed by atoms with Crippen molar-refractivity contribution in [1.29, 1.82) is 0 Å². The minimum absolute atomic E-state index is 0.0585. The van der Waals surface area contributed by atoms with Gasteiger partial charge in [-0.05, 0) is 67.1 Å². The zero-order valence-corrected chi connectivity index (χ0v) is 14.4. The van der Waals surface area contributed by atoms with E-state index in [1.165, 1.54) is 5.56 Å². The first-order chi connectivity index (χ1) is 12.0. The first-order valence-corrected chi connectivity index (χ1v) is 8.52. The zero-order valence-electron chi connectivity index (χ0n) is 14.4. The SMILES string of the molecule is Cc1ccc(C(=O)N2CCc3cc4cc(C)c(=O)[nH]c4cc3C2)cc1. The lowest BCUT2D eigenvalue weighted by molar-refractivity contribution is 0.0735. The molecule has 0 aliphatic carbocycles. The number of H-pyrrole nitrogens is 1. The quantitative estimate of drug-likeness (QED) is 0.743. The molecule has 4 nitrogen and oxygen atoms in total. The number of hydrogen-bond acceptors (Lipinski definition) is 2. The van der Waals surface area contributed by atoms with E-state index in [2.05, 4.69) is 11.1 Å². The molecule has 1 amide bonds. The highest BCUT2D eigenvalue weighted by atomic mass is 16.2. The second-order valence-electron chi connectivity index (χ2n) is 6.83. The third-order valence-electron chi connectivity index (χ3n) is 4.95. The van der Waals surface area contributed by atoms with Gasteiger partial charge in [0.15, 0.2) is 0 Å². The van der Waals surface area contributed by atoms with E-state index < -0.39 is 0 Å². The van der Waals surface area contributed by atoms with Crippen LogP contribution in [0.1, 0.15) is 32.6 Å². The van der Waals surface area contributed by atoms with Gasteiger partial charge in [-0.15, -0.1) is 0 Å².